The normalized spacial score (nSPS) is 24.7. The number of piperidine rings is 1. The largest absolute Gasteiger partial charge is 0.481 e. The zero-order chi connectivity index (χ0) is 12.4. The lowest BCUT2D eigenvalue weighted by atomic mass is 9.94. The molecule has 4 heteroatoms. The predicted molar refractivity (Wildman–Crippen MR) is 67.1 cm³/mol. The van der Waals surface area contributed by atoms with Gasteiger partial charge in [0.1, 0.15) is 0 Å². The Morgan fingerprint density at radius 2 is 2.24 bits per heavy atom. The summed E-state index contributed by atoms with van der Waals surface area (Å²) in [6.07, 6.45) is 0.567. The summed E-state index contributed by atoms with van der Waals surface area (Å²) in [4.78, 5) is 13.1. The van der Waals surface area contributed by atoms with Crippen molar-refractivity contribution in [3.8, 4) is 0 Å². The van der Waals surface area contributed by atoms with E-state index < -0.39 is 5.97 Å². The standard InChI is InChI=1S/C13H18N2O2/c1-9-3-2-4-12(5-9)15-7-10(13(16)17)6-11(14)8-15/h2-5,10-11H,6-8,14H2,1H3,(H,16,17). The second-order valence-electron chi connectivity index (χ2n) is 4.77. The molecule has 1 aromatic carbocycles. The zero-order valence-corrected chi connectivity index (χ0v) is 9.97. The molecule has 0 saturated carbocycles. The number of hydrogen-bond acceptors (Lipinski definition) is 3. The first-order valence-corrected chi connectivity index (χ1v) is 5.86. The number of nitrogens with two attached hydrogens (primary N) is 1. The summed E-state index contributed by atoms with van der Waals surface area (Å²) in [5, 5.41) is 9.09. The van der Waals surface area contributed by atoms with Gasteiger partial charge in [0.05, 0.1) is 5.92 Å². The predicted octanol–water partition coefficient (Wildman–Crippen LogP) is 1.23. The van der Waals surface area contributed by atoms with Crippen LogP contribution in [0.4, 0.5) is 5.69 Å². The lowest BCUT2D eigenvalue weighted by Crippen LogP contribution is -2.49. The Bertz CT molecular complexity index is 420. The van der Waals surface area contributed by atoms with Crippen molar-refractivity contribution in [2.45, 2.75) is 19.4 Å². The highest BCUT2D eigenvalue weighted by molar-refractivity contribution is 5.71. The van der Waals surface area contributed by atoms with E-state index in [1.54, 1.807) is 0 Å². The first-order valence-electron chi connectivity index (χ1n) is 5.86. The van der Waals surface area contributed by atoms with Crippen LogP contribution in [0.2, 0.25) is 0 Å². The van der Waals surface area contributed by atoms with Gasteiger partial charge in [-0.25, -0.2) is 0 Å². The number of rotatable bonds is 2. The third-order valence-corrected chi connectivity index (χ3v) is 3.20. The lowest BCUT2D eigenvalue weighted by molar-refractivity contribution is -0.142. The third-order valence-electron chi connectivity index (χ3n) is 3.20. The van der Waals surface area contributed by atoms with E-state index in [9.17, 15) is 4.79 Å². The van der Waals surface area contributed by atoms with Crippen molar-refractivity contribution in [2.75, 3.05) is 18.0 Å². The van der Waals surface area contributed by atoms with E-state index in [4.69, 9.17) is 10.8 Å². The molecule has 4 nitrogen and oxygen atoms in total. The number of benzene rings is 1. The molecule has 0 aromatic heterocycles. The molecule has 1 heterocycles. The van der Waals surface area contributed by atoms with Gasteiger partial charge in [-0.05, 0) is 31.0 Å². The first kappa shape index (κ1) is 11.9. The van der Waals surface area contributed by atoms with Crippen LogP contribution in [0.5, 0.6) is 0 Å². The van der Waals surface area contributed by atoms with Crippen molar-refractivity contribution < 1.29 is 9.90 Å². The van der Waals surface area contributed by atoms with E-state index in [1.807, 2.05) is 25.1 Å². The van der Waals surface area contributed by atoms with Crippen LogP contribution in [0, 0.1) is 12.8 Å². The van der Waals surface area contributed by atoms with E-state index in [0.29, 0.717) is 13.0 Å². The number of carbonyl (C=O) groups is 1. The van der Waals surface area contributed by atoms with E-state index in [1.165, 1.54) is 5.56 Å². The van der Waals surface area contributed by atoms with Gasteiger partial charge in [-0.3, -0.25) is 4.79 Å². The van der Waals surface area contributed by atoms with Crippen molar-refractivity contribution >= 4 is 11.7 Å². The molecule has 92 valence electrons. The molecular weight excluding hydrogens is 216 g/mol. The van der Waals surface area contributed by atoms with Crippen LogP contribution in [-0.2, 0) is 4.79 Å². The molecule has 0 amide bonds. The van der Waals surface area contributed by atoms with Gasteiger partial charge in [0.25, 0.3) is 0 Å². The molecule has 0 aliphatic carbocycles. The quantitative estimate of drug-likeness (QED) is 0.807. The molecule has 1 aliphatic heterocycles. The maximum Gasteiger partial charge on any atom is 0.308 e. The average molecular weight is 234 g/mol. The molecule has 0 spiro atoms. The minimum atomic E-state index is -0.752. The van der Waals surface area contributed by atoms with Gasteiger partial charge in [-0.1, -0.05) is 12.1 Å². The van der Waals surface area contributed by atoms with Crippen molar-refractivity contribution in [2.24, 2.45) is 11.7 Å². The van der Waals surface area contributed by atoms with E-state index in [-0.39, 0.29) is 12.0 Å². The van der Waals surface area contributed by atoms with Crippen molar-refractivity contribution in [3.63, 3.8) is 0 Å². The lowest BCUT2D eigenvalue weighted by Gasteiger charge is -2.36. The maximum atomic E-state index is 11.1. The van der Waals surface area contributed by atoms with Gasteiger partial charge in [0.2, 0.25) is 0 Å². The molecule has 2 unspecified atom stereocenters. The monoisotopic (exact) mass is 234 g/mol. The molecule has 1 aromatic rings. The summed E-state index contributed by atoms with van der Waals surface area (Å²) in [6, 6.07) is 8.02. The summed E-state index contributed by atoms with van der Waals surface area (Å²) >= 11 is 0. The number of aliphatic carboxylic acids is 1. The molecule has 0 bridgehead atoms. The van der Waals surface area contributed by atoms with Gasteiger partial charge < -0.3 is 15.7 Å². The molecule has 1 saturated heterocycles. The number of carboxylic acids is 1. The molecule has 3 N–H and O–H groups in total. The van der Waals surface area contributed by atoms with E-state index in [0.717, 1.165) is 12.2 Å². The summed E-state index contributed by atoms with van der Waals surface area (Å²) < 4.78 is 0. The number of hydrogen-bond donors (Lipinski definition) is 2. The minimum absolute atomic E-state index is 0.0645. The summed E-state index contributed by atoms with van der Waals surface area (Å²) in [5.74, 6) is -1.11. The Morgan fingerprint density at radius 3 is 2.88 bits per heavy atom. The molecule has 2 atom stereocenters. The van der Waals surface area contributed by atoms with Crippen molar-refractivity contribution in [1.29, 1.82) is 0 Å². The third kappa shape index (κ3) is 2.77. The fourth-order valence-electron chi connectivity index (χ4n) is 2.35. The summed E-state index contributed by atoms with van der Waals surface area (Å²) in [6.45, 7) is 3.31. The maximum absolute atomic E-state index is 11.1. The number of anilines is 1. The molecule has 17 heavy (non-hydrogen) atoms. The molecular formula is C13H18N2O2. The van der Waals surface area contributed by atoms with Crippen LogP contribution in [0.1, 0.15) is 12.0 Å². The van der Waals surface area contributed by atoms with Crippen LogP contribution in [-0.4, -0.2) is 30.2 Å². The highest BCUT2D eigenvalue weighted by Gasteiger charge is 2.29. The van der Waals surface area contributed by atoms with Crippen LogP contribution in [0.3, 0.4) is 0 Å². The smallest absolute Gasteiger partial charge is 0.308 e. The van der Waals surface area contributed by atoms with Crippen molar-refractivity contribution in [1.82, 2.24) is 0 Å². The van der Waals surface area contributed by atoms with Gasteiger partial charge in [-0.2, -0.15) is 0 Å². The number of nitrogens with zero attached hydrogens (tertiary/aromatic N) is 1. The summed E-state index contributed by atoms with van der Waals surface area (Å²) in [5.41, 5.74) is 8.16. The van der Waals surface area contributed by atoms with Gasteiger partial charge >= 0.3 is 5.97 Å². The Kier molecular flexibility index (Phi) is 3.33. The highest BCUT2D eigenvalue weighted by atomic mass is 16.4. The molecule has 1 fully saturated rings. The number of aryl methyl sites for hydroxylation is 1. The Hall–Kier alpha value is -1.55. The Balaban J connectivity index is 2.18. The van der Waals surface area contributed by atoms with Crippen molar-refractivity contribution in [3.05, 3.63) is 29.8 Å². The first-order chi connectivity index (χ1) is 8.06. The SMILES string of the molecule is Cc1cccc(N2CC(N)CC(C(=O)O)C2)c1. The van der Waals surface area contributed by atoms with Gasteiger partial charge in [-0.15, -0.1) is 0 Å². The van der Waals surface area contributed by atoms with E-state index in [2.05, 4.69) is 11.0 Å². The van der Waals surface area contributed by atoms with Gasteiger partial charge in [0.15, 0.2) is 0 Å². The fourth-order valence-corrected chi connectivity index (χ4v) is 2.35. The molecule has 0 radical (unpaired) electrons. The van der Waals surface area contributed by atoms with Crippen LogP contribution in [0.25, 0.3) is 0 Å². The summed E-state index contributed by atoms with van der Waals surface area (Å²) in [7, 11) is 0. The zero-order valence-electron chi connectivity index (χ0n) is 9.97. The van der Waals surface area contributed by atoms with Crippen LogP contribution < -0.4 is 10.6 Å². The fraction of sp³-hybridized carbons (Fsp3) is 0.462. The molecule has 2 rings (SSSR count). The van der Waals surface area contributed by atoms with Crippen LogP contribution >= 0.6 is 0 Å². The number of carboxylic acid groups (broad SMARTS) is 1. The molecule has 1 aliphatic rings. The Morgan fingerprint density at radius 1 is 1.47 bits per heavy atom. The van der Waals surface area contributed by atoms with Crippen LogP contribution in [0.15, 0.2) is 24.3 Å². The average Bonchev–Trinajstić information content (AvgIpc) is 2.28. The van der Waals surface area contributed by atoms with E-state index >= 15 is 0 Å². The topological polar surface area (TPSA) is 66.6 Å². The highest BCUT2D eigenvalue weighted by Crippen LogP contribution is 2.23. The second kappa shape index (κ2) is 4.75. The van der Waals surface area contributed by atoms with Gasteiger partial charge in [0, 0.05) is 24.8 Å². The second-order valence-corrected chi connectivity index (χ2v) is 4.77. The Labute approximate surface area is 101 Å². The minimum Gasteiger partial charge on any atom is -0.481 e.